The maximum atomic E-state index is 11.7. The van der Waals surface area contributed by atoms with E-state index in [1.165, 1.54) is 6.21 Å². The zero-order valence-electron chi connectivity index (χ0n) is 11.6. The van der Waals surface area contributed by atoms with Crippen LogP contribution in [0.4, 0.5) is 0 Å². The lowest BCUT2D eigenvalue weighted by atomic mass is 10.2. The number of halogens is 3. The molecule has 0 atom stereocenters. The van der Waals surface area contributed by atoms with E-state index in [1.807, 2.05) is 12.1 Å². The normalized spacial score (nSPS) is 10.7. The fraction of sp³-hybridized carbons (Fsp3) is 0.0667. The molecule has 120 valence electrons. The number of nitrogens with zero attached hydrogens (tertiary/aromatic N) is 1. The van der Waals surface area contributed by atoms with E-state index < -0.39 is 0 Å². The third-order valence-electron chi connectivity index (χ3n) is 2.63. The van der Waals surface area contributed by atoms with Gasteiger partial charge in [-0.3, -0.25) is 4.79 Å². The maximum Gasteiger partial charge on any atom is 0.277 e. The molecule has 0 aliphatic heterocycles. The minimum atomic E-state index is -0.364. The van der Waals surface area contributed by atoms with Crippen LogP contribution in [0.1, 0.15) is 5.56 Å². The van der Waals surface area contributed by atoms with Gasteiger partial charge in [-0.1, -0.05) is 0 Å². The number of amides is 1. The van der Waals surface area contributed by atoms with Gasteiger partial charge < -0.3 is 9.84 Å². The van der Waals surface area contributed by atoms with Crippen molar-refractivity contribution in [3.8, 4) is 11.5 Å². The van der Waals surface area contributed by atoms with Gasteiger partial charge in [0, 0.05) is 3.57 Å². The summed E-state index contributed by atoms with van der Waals surface area (Å²) in [6, 6.07) is 10.7. The van der Waals surface area contributed by atoms with Gasteiger partial charge in [0.25, 0.3) is 5.91 Å². The van der Waals surface area contributed by atoms with Gasteiger partial charge in [-0.05, 0) is 96.4 Å². The van der Waals surface area contributed by atoms with Crippen LogP contribution >= 0.6 is 54.5 Å². The summed E-state index contributed by atoms with van der Waals surface area (Å²) in [5.41, 5.74) is 3.09. The number of phenolic OH excluding ortho intramolecular Hbond substituents is 1. The molecule has 0 radical (unpaired) electrons. The molecule has 23 heavy (non-hydrogen) atoms. The average molecular weight is 554 g/mol. The molecule has 2 rings (SSSR count). The van der Waals surface area contributed by atoms with Crippen LogP contribution in [0.15, 0.2) is 50.4 Å². The Morgan fingerprint density at radius 2 is 1.87 bits per heavy atom. The van der Waals surface area contributed by atoms with Crippen LogP contribution in [0.25, 0.3) is 0 Å². The monoisotopic (exact) mass is 552 g/mol. The summed E-state index contributed by atoms with van der Waals surface area (Å²) in [6.07, 6.45) is 1.47. The molecule has 2 aromatic carbocycles. The number of aromatic hydroxyl groups is 1. The molecular formula is C15H11Br2IN2O3. The minimum Gasteiger partial charge on any atom is -0.506 e. The highest BCUT2D eigenvalue weighted by Crippen LogP contribution is 2.32. The first-order chi connectivity index (χ1) is 11.0. The van der Waals surface area contributed by atoms with E-state index in [4.69, 9.17) is 4.74 Å². The van der Waals surface area contributed by atoms with Crippen molar-refractivity contribution in [2.75, 3.05) is 6.61 Å². The van der Waals surface area contributed by atoms with Crippen molar-refractivity contribution in [1.29, 1.82) is 0 Å². The SMILES string of the molecule is O=C(COc1ccc(I)cc1)N/N=C\c1cc(Br)c(O)c(Br)c1. The summed E-state index contributed by atoms with van der Waals surface area (Å²) in [5.74, 6) is 0.366. The molecule has 0 spiro atoms. The number of benzene rings is 2. The largest absolute Gasteiger partial charge is 0.506 e. The van der Waals surface area contributed by atoms with Crippen molar-refractivity contribution in [2.24, 2.45) is 5.10 Å². The number of hydrazone groups is 1. The molecule has 0 fully saturated rings. The maximum absolute atomic E-state index is 11.7. The van der Waals surface area contributed by atoms with E-state index in [0.29, 0.717) is 20.3 Å². The lowest BCUT2D eigenvalue weighted by molar-refractivity contribution is -0.123. The standard InChI is InChI=1S/C15H11Br2IN2O3/c16-12-5-9(6-13(17)15(12)22)7-19-20-14(21)8-23-11-3-1-10(18)2-4-11/h1-7,22H,8H2,(H,20,21)/b19-7-. The molecule has 0 heterocycles. The fourth-order valence-electron chi connectivity index (χ4n) is 1.55. The van der Waals surface area contributed by atoms with Gasteiger partial charge in [0.2, 0.25) is 0 Å². The lowest BCUT2D eigenvalue weighted by Gasteiger charge is -2.05. The molecule has 1 amide bonds. The first kappa shape index (κ1) is 18.2. The predicted octanol–water partition coefficient (Wildman–Crippen LogP) is 4.05. The molecule has 0 saturated heterocycles. The van der Waals surface area contributed by atoms with Crippen LogP contribution in [-0.2, 0) is 4.79 Å². The third kappa shape index (κ3) is 5.78. The average Bonchev–Trinajstić information content (AvgIpc) is 2.52. The Bertz CT molecular complexity index is 713. The van der Waals surface area contributed by atoms with Crippen molar-refractivity contribution in [3.05, 3.63) is 54.5 Å². The number of rotatable bonds is 5. The van der Waals surface area contributed by atoms with E-state index >= 15 is 0 Å². The number of carbonyl (C=O) groups excluding carboxylic acids is 1. The molecule has 0 unspecified atom stereocenters. The zero-order valence-corrected chi connectivity index (χ0v) is 16.9. The molecular weight excluding hydrogens is 543 g/mol. The topological polar surface area (TPSA) is 70.9 Å². The third-order valence-corrected chi connectivity index (χ3v) is 4.55. The molecule has 0 aliphatic rings. The summed E-state index contributed by atoms with van der Waals surface area (Å²) >= 11 is 8.64. The first-order valence-electron chi connectivity index (χ1n) is 6.34. The molecule has 8 heteroatoms. The number of carbonyl (C=O) groups is 1. The van der Waals surface area contributed by atoms with Crippen molar-refractivity contribution < 1.29 is 14.6 Å². The molecule has 0 aromatic heterocycles. The Balaban J connectivity index is 1.85. The highest BCUT2D eigenvalue weighted by molar-refractivity contribution is 14.1. The smallest absolute Gasteiger partial charge is 0.277 e. The zero-order chi connectivity index (χ0) is 16.8. The Morgan fingerprint density at radius 1 is 1.26 bits per heavy atom. The molecule has 0 saturated carbocycles. The van der Waals surface area contributed by atoms with Crippen LogP contribution in [-0.4, -0.2) is 23.8 Å². The summed E-state index contributed by atoms with van der Waals surface area (Å²) in [5, 5.41) is 13.5. The van der Waals surface area contributed by atoms with Crippen molar-refractivity contribution in [1.82, 2.24) is 5.43 Å². The van der Waals surface area contributed by atoms with E-state index in [9.17, 15) is 9.90 Å². The highest BCUT2D eigenvalue weighted by Gasteiger charge is 2.05. The van der Waals surface area contributed by atoms with E-state index in [1.54, 1.807) is 24.3 Å². The number of phenols is 1. The van der Waals surface area contributed by atoms with Crippen LogP contribution < -0.4 is 10.2 Å². The Morgan fingerprint density at radius 3 is 2.48 bits per heavy atom. The van der Waals surface area contributed by atoms with Crippen molar-refractivity contribution >= 4 is 66.6 Å². The fourth-order valence-corrected chi connectivity index (χ4v) is 3.13. The first-order valence-corrected chi connectivity index (χ1v) is 9.00. The molecule has 0 bridgehead atoms. The molecule has 2 N–H and O–H groups in total. The van der Waals surface area contributed by atoms with Gasteiger partial charge in [0.15, 0.2) is 6.61 Å². The van der Waals surface area contributed by atoms with Crippen molar-refractivity contribution in [3.63, 3.8) is 0 Å². The Kier molecular flexibility index (Phi) is 6.85. The summed E-state index contributed by atoms with van der Waals surface area (Å²) in [6.45, 7) is -0.124. The highest BCUT2D eigenvalue weighted by atomic mass is 127. The van der Waals surface area contributed by atoms with E-state index in [2.05, 4.69) is 65.0 Å². The van der Waals surface area contributed by atoms with Crippen LogP contribution in [0.3, 0.4) is 0 Å². The van der Waals surface area contributed by atoms with Gasteiger partial charge in [-0.15, -0.1) is 0 Å². The van der Waals surface area contributed by atoms with Gasteiger partial charge in [-0.25, -0.2) is 5.43 Å². The van der Waals surface area contributed by atoms with E-state index in [0.717, 1.165) is 3.57 Å². The van der Waals surface area contributed by atoms with Crippen LogP contribution in [0.5, 0.6) is 11.5 Å². The van der Waals surface area contributed by atoms with Gasteiger partial charge in [0.05, 0.1) is 15.2 Å². The van der Waals surface area contributed by atoms with Gasteiger partial charge in [0.1, 0.15) is 11.5 Å². The molecule has 2 aromatic rings. The van der Waals surface area contributed by atoms with Crippen LogP contribution in [0, 0.1) is 3.57 Å². The number of hydrogen-bond acceptors (Lipinski definition) is 4. The Hall–Kier alpha value is -1.13. The van der Waals surface area contributed by atoms with E-state index in [-0.39, 0.29) is 18.3 Å². The molecule has 5 nitrogen and oxygen atoms in total. The van der Waals surface area contributed by atoms with Gasteiger partial charge in [-0.2, -0.15) is 5.10 Å². The summed E-state index contributed by atoms with van der Waals surface area (Å²) in [4.78, 5) is 11.7. The van der Waals surface area contributed by atoms with Crippen LogP contribution in [0.2, 0.25) is 0 Å². The quantitative estimate of drug-likeness (QED) is 0.333. The summed E-state index contributed by atoms with van der Waals surface area (Å²) < 4.78 is 7.49. The second kappa shape index (κ2) is 8.65. The summed E-state index contributed by atoms with van der Waals surface area (Å²) in [7, 11) is 0. The number of hydrogen-bond donors (Lipinski definition) is 2. The second-order valence-electron chi connectivity index (χ2n) is 4.37. The Labute approximate surface area is 163 Å². The number of nitrogens with one attached hydrogen (secondary N) is 1. The van der Waals surface area contributed by atoms with Gasteiger partial charge >= 0.3 is 0 Å². The predicted molar refractivity (Wildman–Crippen MR) is 104 cm³/mol. The number of ether oxygens (including phenoxy) is 1. The van der Waals surface area contributed by atoms with Crippen molar-refractivity contribution in [2.45, 2.75) is 0 Å². The minimum absolute atomic E-state index is 0.108. The lowest BCUT2D eigenvalue weighted by Crippen LogP contribution is -2.24. The molecule has 0 aliphatic carbocycles. The second-order valence-corrected chi connectivity index (χ2v) is 7.32.